The molecule has 3 nitrogen and oxygen atoms in total. The fourth-order valence-corrected chi connectivity index (χ4v) is 4.25. The topological polar surface area (TPSA) is 40.5 Å². The van der Waals surface area contributed by atoms with Crippen LogP contribution >= 0.6 is 0 Å². The molecule has 0 amide bonds. The molecule has 1 aliphatic heterocycles. The first-order chi connectivity index (χ1) is 8.99. The first-order valence-corrected chi connectivity index (χ1v) is 7.97. The third kappa shape index (κ3) is 3.50. The second-order valence-corrected chi connectivity index (χ2v) is 7.03. The summed E-state index contributed by atoms with van der Waals surface area (Å²) in [6.07, 6.45) is 7.42. The zero-order valence-electron chi connectivity index (χ0n) is 12.6. The molecule has 19 heavy (non-hydrogen) atoms. The van der Waals surface area contributed by atoms with Crippen LogP contribution in [0.5, 0.6) is 0 Å². The van der Waals surface area contributed by atoms with Gasteiger partial charge in [0.1, 0.15) is 0 Å². The number of carboxylic acid groups (broad SMARTS) is 1. The molecule has 1 saturated carbocycles. The molecule has 110 valence electrons. The molecule has 0 bridgehead atoms. The van der Waals surface area contributed by atoms with Crippen molar-refractivity contribution in [3.63, 3.8) is 0 Å². The second kappa shape index (κ2) is 6.25. The third-order valence-electron chi connectivity index (χ3n) is 5.15. The largest absolute Gasteiger partial charge is 0.481 e. The molecule has 1 heterocycles. The molecule has 1 saturated heterocycles. The highest BCUT2D eigenvalue weighted by atomic mass is 16.4. The minimum Gasteiger partial charge on any atom is -0.481 e. The number of rotatable bonds is 4. The van der Waals surface area contributed by atoms with Crippen molar-refractivity contribution in [1.29, 1.82) is 0 Å². The van der Waals surface area contributed by atoms with Crippen molar-refractivity contribution in [2.75, 3.05) is 6.54 Å². The first-order valence-electron chi connectivity index (χ1n) is 7.97. The summed E-state index contributed by atoms with van der Waals surface area (Å²) in [5.74, 6) is 0.886. The van der Waals surface area contributed by atoms with E-state index >= 15 is 0 Å². The van der Waals surface area contributed by atoms with Crippen LogP contribution in [0.15, 0.2) is 0 Å². The Morgan fingerprint density at radius 2 is 2.05 bits per heavy atom. The Labute approximate surface area is 117 Å². The van der Waals surface area contributed by atoms with Crippen molar-refractivity contribution in [2.45, 2.75) is 71.4 Å². The molecule has 1 aliphatic carbocycles. The number of carboxylic acids is 1. The Morgan fingerprint density at radius 1 is 1.32 bits per heavy atom. The number of hydrogen-bond donors (Lipinski definition) is 1. The van der Waals surface area contributed by atoms with Gasteiger partial charge in [-0.2, -0.15) is 0 Å². The zero-order chi connectivity index (χ0) is 14.0. The minimum atomic E-state index is -0.607. The maximum Gasteiger partial charge on any atom is 0.308 e. The van der Waals surface area contributed by atoms with Crippen molar-refractivity contribution >= 4 is 5.97 Å². The van der Waals surface area contributed by atoms with E-state index in [1.165, 1.54) is 32.1 Å². The SMILES string of the molecule is CC(C)CC1CCCC(N2CCC(C(=O)O)C2C)C1. The Morgan fingerprint density at radius 3 is 2.63 bits per heavy atom. The van der Waals surface area contributed by atoms with Crippen LogP contribution in [0.4, 0.5) is 0 Å². The van der Waals surface area contributed by atoms with Gasteiger partial charge in [0.2, 0.25) is 0 Å². The molecule has 3 heteroatoms. The molecule has 4 unspecified atom stereocenters. The molecule has 1 N–H and O–H groups in total. The summed E-state index contributed by atoms with van der Waals surface area (Å²) in [5, 5.41) is 9.24. The lowest BCUT2D eigenvalue weighted by molar-refractivity contribution is -0.142. The van der Waals surface area contributed by atoms with Gasteiger partial charge in [0.05, 0.1) is 5.92 Å². The molecular formula is C16H29NO2. The second-order valence-electron chi connectivity index (χ2n) is 7.03. The van der Waals surface area contributed by atoms with Gasteiger partial charge < -0.3 is 5.11 Å². The van der Waals surface area contributed by atoms with E-state index in [1.807, 2.05) is 0 Å². The highest BCUT2D eigenvalue weighted by Gasteiger charge is 2.40. The molecule has 0 aromatic rings. The summed E-state index contributed by atoms with van der Waals surface area (Å²) in [6, 6.07) is 0.858. The molecule has 0 spiro atoms. The van der Waals surface area contributed by atoms with Crippen molar-refractivity contribution in [3.8, 4) is 0 Å². The lowest BCUT2D eigenvalue weighted by Gasteiger charge is -2.38. The number of hydrogen-bond acceptors (Lipinski definition) is 2. The van der Waals surface area contributed by atoms with E-state index in [1.54, 1.807) is 0 Å². The molecule has 2 fully saturated rings. The molecule has 4 atom stereocenters. The molecule has 2 rings (SSSR count). The maximum absolute atomic E-state index is 11.2. The lowest BCUT2D eigenvalue weighted by atomic mass is 9.80. The number of aliphatic carboxylic acids is 1. The van der Waals surface area contributed by atoms with Crippen LogP contribution in [-0.4, -0.2) is 34.6 Å². The van der Waals surface area contributed by atoms with E-state index in [0.29, 0.717) is 6.04 Å². The molecule has 0 aromatic heterocycles. The quantitative estimate of drug-likeness (QED) is 0.849. The fraction of sp³-hybridized carbons (Fsp3) is 0.938. The minimum absolute atomic E-state index is 0.148. The molecular weight excluding hydrogens is 238 g/mol. The average Bonchev–Trinajstić information content (AvgIpc) is 2.70. The van der Waals surface area contributed by atoms with Gasteiger partial charge in [-0.25, -0.2) is 0 Å². The number of nitrogens with zero attached hydrogens (tertiary/aromatic N) is 1. The Kier molecular flexibility index (Phi) is 4.88. The van der Waals surface area contributed by atoms with Gasteiger partial charge in [0, 0.05) is 12.1 Å². The third-order valence-corrected chi connectivity index (χ3v) is 5.15. The summed E-state index contributed by atoms with van der Waals surface area (Å²) in [7, 11) is 0. The van der Waals surface area contributed by atoms with E-state index in [2.05, 4.69) is 25.7 Å². The highest BCUT2D eigenvalue weighted by Crippen LogP contribution is 2.36. The van der Waals surface area contributed by atoms with Crippen LogP contribution in [0.3, 0.4) is 0 Å². The van der Waals surface area contributed by atoms with Gasteiger partial charge in [-0.1, -0.05) is 26.7 Å². The number of likely N-dealkylation sites (tertiary alicyclic amines) is 1. The van der Waals surface area contributed by atoms with Crippen LogP contribution in [0.25, 0.3) is 0 Å². The molecule has 2 aliphatic rings. The fourth-order valence-electron chi connectivity index (χ4n) is 4.25. The maximum atomic E-state index is 11.2. The summed E-state index contributed by atoms with van der Waals surface area (Å²) < 4.78 is 0. The normalized spacial score (nSPS) is 36.8. The van der Waals surface area contributed by atoms with Gasteiger partial charge in [0.25, 0.3) is 0 Å². The van der Waals surface area contributed by atoms with Gasteiger partial charge in [-0.15, -0.1) is 0 Å². The standard InChI is InChI=1S/C16H29NO2/c1-11(2)9-13-5-4-6-14(10-13)17-8-7-15(12(17)3)16(18)19/h11-15H,4-10H2,1-3H3,(H,18,19). The zero-order valence-corrected chi connectivity index (χ0v) is 12.6. The van der Waals surface area contributed by atoms with Crippen molar-refractivity contribution in [3.05, 3.63) is 0 Å². The van der Waals surface area contributed by atoms with E-state index < -0.39 is 5.97 Å². The summed E-state index contributed by atoms with van der Waals surface area (Å²) >= 11 is 0. The number of carbonyl (C=O) groups is 1. The first kappa shape index (κ1) is 14.8. The van der Waals surface area contributed by atoms with E-state index in [-0.39, 0.29) is 12.0 Å². The predicted molar refractivity (Wildman–Crippen MR) is 77.1 cm³/mol. The van der Waals surface area contributed by atoms with Crippen molar-refractivity contribution in [2.24, 2.45) is 17.8 Å². The molecule has 0 radical (unpaired) electrons. The van der Waals surface area contributed by atoms with E-state index in [9.17, 15) is 9.90 Å². The molecule has 0 aromatic carbocycles. The van der Waals surface area contributed by atoms with Gasteiger partial charge in [-0.05, 0) is 51.0 Å². The predicted octanol–water partition coefficient (Wildman–Crippen LogP) is 3.39. The average molecular weight is 267 g/mol. The van der Waals surface area contributed by atoms with Crippen molar-refractivity contribution in [1.82, 2.24) is 4.90 Å². The smallest absolute Gasteiger partial charge is 0.308 e. The van der Waals surface area contributed by atoms with Crippen LogP contribution in [0.2, 0.25) is 0 Å². The highest BCUT2D eigenvalue weighted by molar-refractivity contribution is 5.71. The Bertz CT molecular complexity index is 316. The van der Waals surface area contributed by atoms with E-state index in [0.717, 1.165) is 24.8 Å². The van der Waals surface area contributed by atoms with Crippen molar-refractivity contribution < 1.29 is 9.90 Å². The van der Waals surface area contributed by atoms with Crippen LogP contribution in [-0.2, 0) is 4.79 Å². The van der Waals surface area contributed by atoms with Crippen LogP contribution in [0, 0.1) is 17.8 Å². The van der Waals surface area contributed by atoms with Gasteiger partial charge in [0.15, 0.2) is 0 Å². The summed E-state index contributed by atoms with van der Waals surface area (Å²) in [5.41, 5.74) is 0. The lowest BCUT2D eigenvalue weighted by Crippen LogP contribution is -2.43. The van der Waals surface area contributed by atoms with E-state index in [4.69, 9.17) is 0 Å². The van der Waals surface area contributed by atoms with Crippen LogP contribution in [0.1, 0.15) is 59.3 Å². The van der Waals surface area contributed by atoms with Gasteiger partial charge in [-0.3, -0.25) is 9.69 Å². The summed E-state index contributed by atoms with van der Waals surface area (Å²) in [4.78, 5) is 13.7. The summed E-state index contributed by atoms with van der Waals surface area (Å²) in [6.45, 7) is 7.71. The Hall–Kier alpha value is -0.570. The Balaban J connectivity index is 1.93. The van der Waals surface area contributed by atoms with Gasteiger partial charge >= 0.3 is 5.97 Å². The van der Waals surface area contributed by atoms with Crippen LogP contribution < -0.4 is 0 Å². The monoisotopic (exact) mass is 267 g/mol.